The lowest BCUT2D eigenvalue weighted by Gasteiger charge is -2.47. The summed E-state index contributed by atoms with van der Waals surface area (Å²) in [7, 11) is 1.61. The summed E-state index contributed by atoms with van der Waals surface area (Å²) in [6.07, 6.45) is 1.63. The molecule has 2 aliphatic heterocycles. The lowest BCUT2D eigenvalue weighted by molar-refractivity contribution is -0.145. The maximum atomic E-state index is 13.6. The number of amides is 1. The van der Waals surface area contributed by atoms with Crippen LogP contribution in [0.25, 0.3) is 0 Å². The first kappa shape index (κ1) is 18.8. The van der Waals surface area contributed by atoms with E-state index in [1.807, 2.05) is 18.2 Å². The molecule has 7 heteroatoms. The number of carbonyl (C=O) groups is 1. The molecule has 2 saturated heterocycles. The van der Waals surface area contributed by atoms with Crippen LogP contribution in [0.1, 0.15) is 18.5 Å². The van der Waals surface area contributed by atoms with Gasteiger partial charge in [-0.05, 0) is 37.1 Å². The van der Waals surface area contributed by atoms with E-state index in [4.69, 9.17) is 9.47 Å². The highest BCUT2D eigenvalue weighted by Gasteiger charge is 2.42. The van der Waals surface area contributed by atoms with Gasteiger partial charge in [-0.2, -0.15) is 0 Å². The maximum absolute atomic E-state index is 13.6. The molecule has 1 aromatic heterocycles. The molecule has 1 aromatic carbocycles. The largest absolute Gasteiger partial charge is 0.481 e. The molecular formula is C21H24FN3O3. The van der Waals surface area contributed by atoms with Crippen LogP contribution in [0.2, 0.25) is 0 Å². The van der Waals surface area contributed by atoms with Crippen molar-refractivity contribution in [3.63, 3.8) is 0 Å². The van der Waals surface area contributed by atoms with E-state index in [1.165, 1.54) is 12.1 Å². The van der Waals surface area contributed by atoms with E-state index in [0.29, 0.717) is 18.1 Å². The number of methoxy groups -OCH3 is 1. The third-order valence-corrected chi connectivity index (χ3v) is 5.51. The Morgan fingerprint density at radius 1 is 1.21 bits per heavy atom. The van der Waals surface area contributed by atoms with Crippen LogP contribution in [0.5, 0.6) is 5.88 Å². The number of pyridine rings is 1. The molecule has 0 unspecified atom stereocenters. The highest BCUT2D eigenvalue weighted by atomic mass is 19.1. The number of piperidine rings is 1. The van der Waals surface area contributed by atoms with Gasteiger partial charge in [0.25, 0.3) is 5.91 Å². The minimum atomic E-state index is -0.376. The summed E-state index contributed by atoms with van der Waals surface area (Å²) in [5, 5.41) is 0. The van der Waals surface area contributed by atoms with E-state index in [9.17, 15) is 9.18 Å². The van der Waals surface area contributed by atoms with Crippen LogP contribution in [-0.2, 0) is 16.1 Å². The van der Waals surface area contributed by atoms with Crippen molar-refractivity contribution in [3.8, 4) is 5.88 Å². The molecule has 2 fully saturated rings. The average molecular weight is 385 g/mol. The predicted octanol–water partition coefficient (Wildman–Crippen LogP) is 2.63. The number of halogens is 1. The van der Waals surface area contributed by atoms with E-state index in [0.717, 1.165) is 38.2 Å². The van der Waals surface area contributed by atoms with Crippen molar-refractivity contribution in [1.82, 2.24) is 9.88 Å². The van der Waals surface area contributed by atoms with Crippen molar-refractivity contribution in [2.75, 3.05) is 38.3 Å². The van der Waals surface area contributed by atoms with Gasteiger partial charge in [-0.1, -0.05) is 12.1 Å². The van der Waals surface area contributed by atoms with Crippen LogP contribution in [0.3, 0.4) is 0 Å². The Morgan fingerprint density at radius 2 is 2.00 bits per heavy atom. The van der Waals surface area contributed by atoms with E-state index >= 15 is 0 Å². The summed E-state index contributed by atoms with van der Waals surface area (Å²) in [5.41, 5.74) is 1.19. The first-order valence-electron chi connectivity index (χ1n) is 9.49. The monoisotopic (exact) mass is 385 g/mol. The van der Waals surface area contributed by atoms with Crippen LogP contribution >= 0.6 is 0 Å². The summed E-state index contributed by atoms with van der Waals surface area (Å²) in [5.74, 6) is 0.150. The van der Waals surface area contributed by atoms with Gasteiger partial charge in [0.05, 0.1) is 24.9 Å². The van der Waals surface area contributed by atoms with E-state index < -0.39 is 0 Å². The number of nitrogens with zero attached hydrogens (tertiary/aromatic N) is 3. The number of hydrogen-bond acceptors (Lipinski definition) is 5. The summed E-state index contributed by atoms with van der Waals surface area (Å²) >= 11 is 0. The van der Waals surface area contributed by atoms with E-state index in [1.54, 1.807) is 24.1 Å². The van der Waals surface area contributed by atoms with Gasteiger partial charge in [0, 0.05) is 31.4 Å². The molecule has 1 amide bonds. The number of carbonyl (C=O) groups excluding carboxylic acids is 1. The van der Waals surface area contributed by atoms with Gasteiger partial charge in [-0.15, -0.1) is 0 Å². The zero-order valence-corrected chi connectivity index (χ0v) is 15.9. The Hall–Kier alpha value is -2.51. The van der Waals surface area contributed by atoms with Gasteiger partial charge in [0.2, 0.25) is 5.88 Å². The molecule has 3 heterocycles. The Bertz CT molecular complexity index is 852. The fourth-order valence-electron chi connectivity index (χ4n) is 3.90. The van der Waals surface area contributed by atoms with Crippen LogP contribution in [0.4, 0.5) is 10.1 Å². The molecule has 0 bridgehead atoms. The smallest absolute Gasteiger partial charge is 0.253 e. The highest BCUT2D eigenvalue weighted by molar-refractivity contribution is 5.95. The second-order valence-electron chi connectivity index (χ2n) is 7.38. The van der Waals surface area contributed by atoms with Crippen molar-refractivity contribution in [3.05, 3.63) is 54.0 Å². The molecule has 28 heavy (non-hydrogen) atoms. The zero-order chi connectivity index (χ0) is 19.6. The summed E-state index contributed by atoms with van der Waals surface area (Å²) in [6, 6.07) is 12.0. The third-order valence-electron chi connectivity index (χ3n) is 5.51. The highest BCUT2D eigenvalue weighted by Crippen LogP contribution is 2.33. The molecule has 4 rings (SSSR count). The van der Waals surface area contributed by atoms with Crippen molar-refractivity contribution in [1.29, 1.82) is 0 Å². The predicted molar refractivity (Wildman–Crippen MR) is 103 cm³/mol. The molecular weight excluding hydrogens is 361 g/mol. The van der Waals surface area contributed by atoms with Crippen molar-refractivity contribution in [2.45, 2.75) is 25.0 Å². The standard InChI is InChI=1S/C21H24FN3O3/c1-27-19-7-3-5-17(23-19)13-24-10-8-21(9-11-24)15-25(20(26)14-28-21)18-6-2-4-16(22)12-18/h2-7,12H,8-11,13-15H2,1H3. The minimum Gasteiger partial charge on any atom is -0.481 e. The van der Waals surface area contributed by atoms with E-state index in [2.05, 4.69) is 9.88 Å². The lowest BCUT2D eigenvalue weighted by Crippen LogP contribution is -2.58. The lowest BCUT2D eigenvalue weighted by atomic mass is 9.89. The van der Waals surface area contributed by atoms with Gasteiger partial charge in [-0.25, -0.2) is 9.37 Å². The van der Waals surface area contributed by atoms with Gasteiger partial charge in [-0.3, -0.25) is 9.69 Å². The van der Waals surface area contributed by atoms with Gasteiger partial charge < -0.3 is 14.4 Å². The number of morpholine rings is 1. The van der Waals surface area contributed by atoms with Gasteiger partial charge >= 0.3 is 0 Å². The second-order valence-corrected chi connectivity index (χ2v) is 7.38. The molecule has 0 saturated carbocycles. The summed E-state index contributed by atoms with van der Waals surface area (Å²) in [6.45, 7) is 2.95. The number of ether oxygens (including phenoxy) is 2. The fraction of sp³-hybridized carbons (Fsp3) is 0.429. The summed E-state index contributed by atoms with van der Waals surface area (Å²) in [4.78, 5) is 20.8. The first-order valence-corrected chi connectivity index (χ1v) is 9.49. The number of benzene rings is 1. The molecule has 0 atom stereocenters. The fourth-order valence-corrected chi connectivity index (χ4v) is 3.90. The Labute approximate surface area is 163 Å². The number of likely N-dealkylation sites (tertiary alicyclic amines) is 1. The Kier molecular flexibility index (Phi) is 5.28. The molecule has 0 aliphatic carbocycles. The summed E-state index contributed by atoms with van der Waals surface area (Å²) < 4.78 is 24.8. The molecule has 0 N–H and O–H groups in total. The quantitative estimate of drug-likeness (QED) is 0.810. The van der Waals surface area contributed by atoms with Crippen LogP contribution < -0.4 is 9.64 Å². The van der Waals surface area contributed by atoms with Crippen molar-refractivity contribution >= 4 is 11.6 Å². The normalized spacial score (nSPS) is 19.8. The minimum absolute atomic E-state index is 0.0357. The zero-order valence-electron chi connectivity index (χ0n) is 15.9. The first-order chi connectivity index (χ1) is 13.6. The SMILES string of the molecule is COc1cccc(CN2CCC3(CC2)CN(c2cccc(F)c2)C(=O)CO3)n1. The molecule has 2 aromatic rings. The van der Waals surface area contributed by atoms with Crippen LogP contribution in [0.15, 0.2) is 42.5 Å². The molecule has 0 radical (unpaired) electrons. The molecule has 148 valence electrons. The van der Waals surface area contributed by atoms with Crippen molar-refractivity contribution < 1.29 is 18.7 Å². The topological polar surface area (TPSA) is 54.9 Å². The average Bonchev–Trinajstić information content (AvgIpc) is 2.72. The Balaban J connectivity index is 1.41. The molecule has 1 spiro atoms. The maximum Gasteiger partial charge on any atom is 0.253 e. The van der Waals surface area contributed by atoms with Crippen molar-refractivity contribution in [2.24, 2.45) is 0 Å². The number of hydrogen-bond donors (Lipinski definition) is 0. The third kappa shape index (κ3) is 4.00. The second kappa shape index (κ2) is 7.85. The number of aromatic nitrogens is 1. The number of anilines is 1. The molecule has 6 nitrogen and oxygen atoms in total. The Morgan fingerprint density at radius 3 is 2.75 bits per heavy atom. The molecule has 2 aliphatic rings. The van der Waals surface area contributed by atoms with Gasteiger partial charge in [0.15, 0.2) is 0 Å². The van der Waals surface area contributed by atoms with E-state index in [-0.39, 0.29) is 23.9 Å². The van der Waals surface area contributed by atoms with Crippen LogP contribution in [0, 0.1) is 5.82 Å². The van der Waals surface area contributed by atoms with Gasteiger partial charge in [0.1, 0.15) is 12.4 Å². The number of rotatable bonds is 4. The van der Waals surface area contributed by atoms with Crippen LogP contribution in [-0.4, -0.2) is 54.7 Å².